The van der Waals surface area contributed by atoms with Crippen molar-refractivity contribution in [3.8, 4) is 0 Å². The summed E-state index contributed by atoms with van der Waals surface area (Å²) in [5.74, 6) is 0. The molecule has 0 aromatic heterocycles. The first-order valence-corrected chi connectivity index (χ1v) is 5.53. The molecule has 1 atom stereocenters. The summed E-state index contributed by atoms with van der Waals surface area (Å²) < 4.78 is 0. The molecule has 2 N–H and O–H groups in total. The molecular weight excluding hydrogens is 196 g/mol. The van der Waals surface area contributed by atoms with E-state index in [0.29, 0.717) is 0 Å². The minimum Gasteiger partial charge on any atom is -0.395 e. The van der Waals surface area contributed by atoms with Crippen molar-refractivity contribution < 1.29 is 10.2 Å². The highest BCUT2D eigenvalue weighted by Crippen LogP contribution is 2.25. The van der Waals surface area contributed by atoms with Crippen LogP contribution in [0.3, 0.4) is 0 Å². The molecule has 0 bridgehead atoms. The number of aryl methyl sites for hydroxylation is 1. The van der Waals surface area contributed by atoms with Crippen LogP contribution in [0, 0.1) is 6.92 Å². The summed E-state index contributed by atoms with van der Waals surface area (Å²) in [5.41, 5.74) is 2.06. The van der Waals surface area contributed by atoms with E-state index >= 15 is 0 Å². The zero-order valence-corrected chi connectivity index (χ0v) is 9.34. The first-order valence-electron chi connectivity index (χ1n) is 4.65. The molecule has 0 heterocycles. The van der Waals surface area contributed by atoms with Crippen LogP contribution in [0.15, 0.2) is 23.1 Å². The first-order chi connectivity index (χ1) is 6.67. The van der Waals surface area contributed by atoms with Crippen LogP contribution in [0.2, 0.25) is 0 Å². The Labute approximate surface area is 89.0 Å². The maximum absolute atomic E-state index is 8.99. The minimum atomic E-state index is 0.0896. The molecule has 1 rings (SSSR count). The number of aliphatic hydroxyl groups is 2. The van der Waals surface area contributed by atoms with Gasteiger partial charge in [0.25, 0.3) is 0 Å². The molecule has 3 heteroatoms. The molecule has 0 fully saturated rings. The van der Waals surface area contributed by atoms with Crippen LogP contribution in [0.5, 0.6) is 0 Å². The predicted octanol–water partition coefficient (Wildman–Crippen LogP) is 1.96. The van der Waals surface area contributed by atoms with Gasteiger partial charge in [-0.1, -0.05) is 13.0 Å². The number of aliphatic hydroxyl groups excluding tert-OH is 2. The Bertz CT molecular complexity index is 299. The van der Waals surface area contributed by atoms with E-state index in [1.807, 2.05) is 32.0 Å². The zero-order valence-electron chi connectivity index (χ0n) is 8.53. The summed E-state index contributed by atoms with van der Waals surface area (Å²) in [6, 6.07) is 5.96. The fraction of sp³-hybridized carbons (Fsp3) is 0.455. The summed E-state index contributed by atoms with van der Waals surface area (Å²) in [6.07, 6.45) is 0. The predicted molar refractivity (Wildman–Crippen MR) is 59.5 cm³/mol. The lowest BCUT2D eigenvalue weighted by Gasteiger charge is -2.09. The summed E-state index contributed by atoms with van der Waals surface area (Å²) in [5, 5.41) is 18.1. The maximum atomic E-state index is 8.99. The Balaban J connectivity index is 2.76. The Kier molecular flexibility index (Phi) is 4.45. The third-order valence-electron chi connectivity index (χ3n) is 2.08. The monoisotopic (exact) mass is 212 g/mol. The molecule has 14 heavy (non-hydrogen) atoms. The van der Waals surface area contributed by atoms with Crippen molar-refractivity contribution in [3.63, 3.8) is 0 Å². The van der Waals surface area contributed by atoms with Gasteiger partial charge in [-0.25, -0.2) is 0 Å². The highest BCUT2D eigenvalue weighted by Gasteiger charge is 2.04. The van der Waals surface area contributed by atoms with Crippen molar-refractivity contribution in [3.05, 3.63) is 29.3 Å². The van der Waals surface area contributed by atoms with Crippen LogP contribution < -0.4 is 0 Å². The van der Waals surface area contributed by atoms with Crippen LogP contribution in [0.4, 0.5) is 0 Å². The SMILES string of the molecule is Cc1cc(SC(C)CO)ccc1CO. The smallest absolute Gasteiger partial charge is 0.0684 e. The molecule has 1 unspecified atom stereocenters. The highest BCUT2D eigenvalue weighted by atomic mass is 32.2. The van der Waals surface area contributed by atoms with Crippen molar-refractivity contribution in [1.29, 1.82) is 0 Å². The van der Waals surface area contributed by atoms with Gasteiger partial charge in [0.1, 0.15) is 0 Å². The molecule has 0 radical (unpaired) electrons. The number of benzene rings is 1. The molecule has 1 aromatic carbocycles. The van der Waals surface area contributed by atoms with Crippen LogP contribution in [-0.2, 0) is 6.61 Å². The lowest BCUT2D eigenvalue weighted by molar-refractivity contribution is 0.281. The first kappa shape index (κ1) is 11.6. The summed E-state index contributed by atoms with van der Waals surface area (Å²) in [6.45, 7) is 4.25. The van der Waals surface area contributed by atoms with E-state index in [1.54, 1.807) is 11.8 Å². The second kappa shape index (κ2) is 5.39. The maximum Gasteiger partial charge on any atom is 0.0684 e. The molecular formula is C11H16O2S. The van der Waals surface area contributed by atoms with E-state index in [-0.39, 0.29) is 18.5 Å². The molecule has 0 aliphatic heterocycles. The molecule has 1 aromatic rings. The summed E-state index contributed by atoms with van der Waals surface area (Å²) in [4.78, 5) is 1.14. The molecule has 0 amide bonds. The van der Waals surface area contributed by atoms with Crippen molar-refractivity contribution in [1.82, 2.24) is 0 Å². The van der Waals surface area contributed by atoms with Gasteiger partial charge in [0.15, 0.2) is 0 Å². The minimum absolute atomic E-state index is 0.0896. The molecule has 0 spiro atoms. The zero-order chi connectivity index (χ0) is 10.6. The van der Waals surface area contributed by atoms with E-state index in [1.165, 1.54) is 0 Å². The molecule has 0 aliphatic rings. The summed E-state index contributed by atoms with van der Waals surface area (Å²) in [7, 11) is 0. The molecule has 78 valence electrons. The molecule has 0 saturated heterocycles. The number of hydrogen-bond donors (Lipinski definition) is 2. The van der Waals surface area contributed by atoms with Crippen molar-refractivity contribution in [2.24, 2.45) is 0 Å². The fourth-order valence-corrected chi connectivity index (χ4v) is 2.12. The van der Waals surface area contributed by atoms with Gasteiger partial charge in [-0.15, -0.1) is 11.8 Å². The van der Waals surface area contributed by atoms with E-state index in [0.717, 1.165) is 16.0 Å². The van der Waals surface area contributed by atoms with E-state index in [4.69, 9.17) is 10.2 Å². The van der Waals surface area contributed by atoms with Gasteiger partial charge in [-0.05, 0) is 30.2 Å². The van der Waals surface area contributed by atoms with Gasteiger partial charge in [0.05, 0.1) is 13.2 Å². The third kappa shape index (κ3) is 3.01. The third-order valence-corrected chi connectivity index (χ3v) is 3.16. The van der Waals surface area contributed by atoms with Crippen LogP contribution >= 0.6 is 11.8 Å². The lowest BCUT2D eigenvalue weighted by atomic mass is 10.1. The average molecular weight is 212 g/mol. The van der Waals surface area contributed by atoms with Gasteiger partial charge in [0, 0.05) is 10.1 Å². The normalized spacial score (nSPS) is 12.9. The number of hydrogen-bond acceptors (Lipinski definition) is 3. The average Bonchev–Trinajstić information content (AvgIpc) is 2.18. The quantitative estimate of drug-likeness (QED) is 0.750. The van der Waals surface area contributed by atoms with Gasteiger partial charge >= 0.3 is 0 Å². The van der Waals surface area contributed by atoms with Crippen LogP contribution in [0.25, 0.3) is 0 Å². The van der Waals surface area contributed by atoms with Crippen molar-refractivity contribution >= 4 is 11.8 Å². The molecule has 0 saturated carbocycles. The van der Waals surface area contributed by atoms with Crippen LogP contribution in [0.1, 0.15) is 18.1 Å². The topological polar surface area (TPSA) is 40.5 Å². The second-order valence-electron chi connectivity index (χ2n) is 3.36. The number of rotatable bonds is 4. The van der Waals surface area contributed by atoms with Gasteiger partial charge in [-0.2, -0.15) is 0 Å². The lowest BCUT2D eigenvalue weighted by Crippen LogP contribution is -2.01. The van der Waals surface area contributed by atoms with Gasteiger partial charge < -0.3 is 10.2 Å². The van der Waals surface area contributed by atoms with E-state index < -0.39 is 0 Å². The molecule has 2 nitrogen and oxygen atoms in total. The fourth-order valence-electron chi connectivity index (χ4n) is 1.19. The number of thioether (sulfide) groups is 1. The van der Waals surface area contributed by atoms with Gasteiger partial charge in [-0.3, -0.25) is 0 Å². The molecule has 0 aliphatic carbocycles. The van der Waals surface area contributed by atoms with Crippen molar-refractivity contribution in [2.45, 2.75) is 30.6 Å². The standard InChI is InChI=1S/C11H16O2S/c1-8-5-11(14-9(2)6-12)4-3-10(8)7-13/h3-5,9,12-13H,6-7H2,1-2H3. The largest absolute Gasteiger partial charge is 0.395 e. The Morgan fingerprint density at radius 2 is 2.07 bits per heavy atom. The second-order valence-corrected chi connectivity index (χ2v) is 4.87. The van der Waals surface area contributed by atoms with Crippen molar-refractivity contribution in [2.75, 3.05) is 6.61 Å². The van der Waals surface area contributed by atoms with Crippen LogP contribution in [-0.4, -0.2) is 22.1 Å². The Morgan fingerprint density at radius 3 is 2.57 bits per heavy atom. The Hall–Kier alpha value is -0.510. The highest BCUT2D eigenvalue weighted by molar-refractivity contribution is 8.00. The van der Waals surface area contributed by atoms with E-state index in [9.17, 15) is 0 Å². The van der Waals surface area contributed by atoms with Gasteiger partial charge in [0.2, 0.25) is 0 Å². The summed E-state index contributed by atoms with van der Waals surface area (Å²) >= 11 is 1.65. The van der Waals surface area contributed by atoms with E-state index in [2.05, 4.69) is 0 Å². The Morgan fingerprint density at radius 1 is 1.36 bits per heavy atom.